The molecule has 1 N–H and O–H groups in total. The number of nitrogens with one attached hydrogen (secondary N) is 1. The molecule has 13 heavy (non-hydrogen) atoms. The summed E-state index contributed by atoms with van der Waals surface area (Å²) in [5.41, 5.74) is 0. The molecule has 0 aliphatic heterocycles. The molecule has 0 amide bonds. The van der Waals surface area contributed by atoms with E-state index in [1.165, 1.54) is 11.3 Å². The van der Waals surface area contributed by atoms with Crippen LogP contribution in [0.2, 0.25) is 0 Å². The number of rotatable bonds is 4. The van der Waals surface area contributed by atoms with Crippen LogP contribution in [0.25, 0.3) is 0 Å². The fourth-order valence-electron chi connectivity index (χ4n) is 1.37. The molecule has 0 radical (unpaired) electrons. The number of hydrogen-bond acceptors (Lipinski definition) is 4. The minimum Gasteiger partial charge on any atom is -0.347 e. The van der Waals surface area contributed by atoms with Gasteiger partial charge in [0.1, 0.15) is 0 Å². The first-order chi connectivity index (χ1) is 6.19. The Bertz CT molecular complexity index is 300. The predicted molar refractivity (Wildman–Crippen MR) is 60.1 cm³/mol. The number of aromatic nitrogens is 2. The molecule has 0 unspecified atom stereocenters. The molecule has 1 rings (SSSR count). The minimum absolute atomic E-state index is 0.564. The van der Waals surface area contributed by atoms with E-state index in [1.54, 1.807) is 0 Å². The Labute approximate surface area is 87.8 Å². The van der Waals surface area contributed by atoms with Crippen LogP contribution < -0.4 is 4.90 Å². The van der Waals surface area contributed by atoms with Crippen molar-refractivity contribution in [2.24, 2.45) is 0 Å². The molecule has 0 atom stereocenters. The van der Waals surface area contributed by atoms with Crippen LogP contribution in [0.5, 0.6) is 0 Å². The monoisotopic (exact) mass is 217 g/mol. The Morgan fingerprint density at radius 1 is 1.54 bits per heavy atom. The second-order valence-electron chi connectivity index (χ2n) is 2.98. The zero-order valence-corrected chi connectivity index (χ0v) is 9.84. The van der Waals surface area contributed by atoms with Crippen molar-refractivity contribution in [3.63, 3.8) is 0 Å². The first-order valence-electron chi connectivity index (χ1n) is 4.47. The van der Waals surface area contributed by atoms with Gasteiger partial charge in [-0.15, -0.1) is 5.10 Å². The van der Waals surface area contributed by atoms with Gasteiger partial charge in [-0.2, -0.15) is 0 Å². The van der Waals surface area contributed by atoms with Crippen LogP contribution in [-0.4, -0.2) is 23.3 Å². The lowest BCUT2D eigenvalue weighted by atomic mass is 10.1. The summed E-state index contributed by atoms with van der Waals surface area (Å²) in [5.74, 6) is 0. The molecule has 74 valence electrons. The van der Waals surface area contributed by atoms with Crippen LogP contribution in [0.1, 0.15) is 26.7 Å². The molecule has 0 aromatic carbocycles. The summed E-state index contributed by atoms with van der Waals surface area (Å²) in [7, 11) is 2.07. The lowest BCUT2D eigenvalue weighted by Gasteiger charge is -2.24. The number of anilines is 1. The maximum atomic E-state index is 4.98. The van der Waals surface area contributed by atoms with Crippen molar-refractivity contribution < 1.29 is 0 Å². The van der Waals surface area contributed by atoms with Gasteiger partial charge >= 0.3 is 0 Å². The largest absolute Gasteiger partial charge is 0.347 e. The highest BCUT2D eigenvalue weighted by molar-refractivity contribution is 7.73. The van der Waals surface area contributed by atoms with Crippen LogP contribution in [0.4, 0.5) is 5.13 Å². The Kier molecular flexibility index (Phi) is 3.87. The van der Waals surface area contributed by atoms with E-state index in [1.807, 2.05) is 0 Å². The Morgan fingerprint density at radius 3 is 2.54 bits per heavy atom. The van der Waals surface area contributed by atoms with E-state index in [9.17, 15) is 0 Å². The molecule has 0 aliphatic carbocycles. The van der Waals surface area contributed by atoms with Crippen molar-refractivity contribution in [1.29, 1.82) is 0 Å². The van der Waals surface area contributed by atoms with E-state index < -0.39 is 0 Å². The van der Waals surface area contributed by atoms with E-state index >= 15 is 0 Å². The minimum atomic E-state index is 0.564. The smallest absolute Gasteiger partial charge is 0.206 e. The van der Waals surface area contributed by atoms with Gasteiger partial charge in [0.05, 0.1) is 0 Å². The number of nitrogens with zero attached hydrogens (tertiary/aromatic N) is 2. The molecule has 0 saturated heterocycles. The fourth-order valence-corrected chi connectivity index (χ4v) is 2.28. The normalized spacial score (nSPS) is 10.8. The van der Waals surface area contributed by atoms with E-state index in [4.69, 9.17) is 12.2 Å². The van der Waals surface area contributed by atoms with Crippen LogP contribution in [0.3, 0.4) is 0 Å². The maximum absolute atomic E-state index is 4.98. The van der Waals surface area contributed by atoms with Crippen molar-refractivity contribution in [3.05, 3.63) is 3.95 Å². The van der Waals surface area contributed by atoms with Crippen molar-refractivity contribution in [3.8, 4) is 0 Å². The van der Waals surface area contributed by atoms with Crippen molar-refractivity contribution >= 4 is 28.7 Å². The molecule has 0 fully saturated rings. The summed E-state index contributed by atoms with van der Waals surface area (Å²) in [6.07, 6.45) is 2.28. The highest BCUT2D eigenvalue weighted by Gasteiger charge is 2.13. The zero-order valence-electron chi connectivity index (χ0n) is 8.20. The molecule has 1 aromatic rings. The van der Waals surface area contributed by atoms with Crippen LogP contribution in [-0.2, 0) is 0 Å². The summed E-state index contributed by atoms with van der Waals surface area (Å²) in [6, 6.07) is 0.564. The van der Waals surface area contributed by atoms with Crippen LogP contribution in [0, 0.1) is 3.95 Å². The molecular weight excluding hydrogens is 202 g/mol. The summed E-state index contributed by atoms with van der Waals surface area (Å²) in [5, 5.41) is 7.93. The average Bonchev–Trinajstić information content (AvgIpc) is 2.54. The van der Waals surface area contributed by atoms with E-state index in [-0.39, 0.29) is 0 Å². The van der Waals surface area contributed by atoms with Crippen LogP contribution >= 0.6 is 23.6 Å². The van der Waals surface area contributed by atoms with E-state index in [0.717, 1.165) is 21.9 Å². The van der Waals surface area contributed by atoms with Crippen molar-refractivity contribution in [2.45, 2.75) is 32.7 Å². The highest BCUT2D eigenvalue weighted by Crippen LogP contribution is 2.20. The summed E-state index contributed by atoms with van der Waals surface area (Å²) < 4.78 is 0.743. The molecule has 0 saturated carbocycles. The average molecular weight is 217 g/mol. The Balaban J connectivity index is 2.77. The van der Waals surface area contributed by atoms with Crippen molar-refractivity contribution in [1.82, 2.24) is 10.2 Å². The third kappa shape index (κ3) is 2.51. The lowest BCUT2D eigenvalue weighted by Crippen LogP contribution is -2.30. The first kappa shape index (κ1) is 10.7. The quantitative estimate of drug-likeness (QED) is 0.787. The van der Waals surface area contributed by atoms with Gasteiger partial charge in [-0.25, -0.2) is 0 Å². The molecule has 0 spiro atoms. The predicted octanol–water partition coefficient (Wildman–Crippen LogP) is 2.83. The summed E-state index contributed by atoms with van der Waals surface area (Å²) in [6.45, 7) is 4.38. The highest BCUT2D eigenvalue weighted by atomic mass is 32.1. The Morgan fingerprint density at radius 2 is 2.15 bits per heavy atom. The zero-order chi connectivity index (χ0) is 9.84. The van der Waals surface area contributed by atoms with Gasteiger partial charge < -0.3 is 4.90 Å². The van der Waals surface area contributed by atoms with E-state index in [0.29, 0.717) is 6.04 Å². The second kappa shape index (κ2) is 4.72. The van der Waals surface area contributed by atoms with E-state index in [2.05, 4.69) is 36.0 Å². The van der Waals surface area contributed by atoms with Crippen molar-refractivity contribution in [2.75, 3.05) is 11.9 Å². The standard InChI is InChI=1S/C8H15N3S2/c1-4-6(5-2)11(3)7-9-10-8(12)13-7/h6H,4-5H2,1-3H3,(H,10,12). The third-order valence-corrected chi connectivity index (χ3v) is 3.40. The third-order valence-electron chi connectivity index (χ3n) is 2.22. The molecule has 1 aromatic heterocycles. The van der Waals surface area contributed by atoms with Gasteiger partial charge in [-0.3, -0.25) is 5.10 Å². The summed E-state index contributed by atoms with van der Waals surface area (Å²) in [4.78, 5) is 2.19. The number of hydrogen-bond donors (Lipinski definition) is 1. The van der Waals surface area contributed by atoms with Gasteiger partial charge in [-0.05, 0) is 25.1 Å². The molecular formula is C8H15N3S2. The van der Waals surface area contributed by atoms with Crippen LogP contribution in [0.15, 0.2) is 0 Å². The number of aromatic amines is 1. The summed E-state index contributed by atoms with van der Waals surface area (Å²) >= 11 is 6.51. The van der Waals surface area contributed by atoms with Gasteiger partial charge in [0.2, 0.25) is 5.13 Å². The first-order valence-corrected chi connectivity index (χ1v) is 5.69. The van der Waals surface area contributed by atoms with Gasteiger partial charge in [0.25, 0.3) is 0 Å². The number of H-pyrrole nitrogens is 1. The SMILES string of the molecule is CCC(CC)N(C)c1n[nH]c(=S)s1. The topological polar surface area (TPSA) is 31.9 Å². The van der Waals surface area contributed by atoms with Gasteiger partial charge in [0.15, 0.2) is 3.95 Å². The van der Waals surface area contributed by atoms with Gasteiger partial charge in [-0.1, -0.05) is 25.2 Å². The fraction of sp³-hybridized carbons (Fsp3) is 0.750. The lowest BCUT2D eigenvalue weighted by molar-refractivity contribution is 0.589. The molecule has 3 nitrogen and oxygen atoms in total. The molecule has 0 bridgehead atoms. The molecule has 0 aliphatic rings. The second-order valence-corrected chi connectivity index (χ2v) is 4.62. The molecule has 5 heteroatoms. The molecule has 1 heterocycles. The Hall–Kier alpha value is -0.420. The van der Waals surface area contributed by atoms with Gasteiger partial charge in [0, 0.05) is 13.1 Å². The maximum Gasteiger partial charge on any atom is 0.206 e.